The predicted molar refractivity (Wildman–Crippen MR) is 66.0 cm³/mol. The number of aromatic nitrogens is 1. The standard InChI is InChI=1S/C12H6Cl2N2/c1-15-12-9(13)7-10(14)16-11(12)8-5-3-2-4-6-8/h2-7H. The van der Waals surface area contributed by atoms with Crippen LogP contribution in [0.25, 0.3) is 16.1 Å². The van der Waals surface area contributed by atoms with Gasteiger partial charge in [-0.25, -0.2) is 9.83 Å². The third kappa shape index (κ3) is 2.01. The quantitative estimate of drug-likeness (QED) is 0.533. The Kier molecular flexibility index (Phi) is 3.09. The van der Waals surface area contributed by atoms with Gasteiger partial charge in [0.1, 0.15) is 5.15 Å². The van der Waals surface area contributed by atoms with Gasteiger partial charge in [-0.05, 0) is 11.6 Å². The van der Waals surface area contributed by atoms with Gasteiger partial charge >= 0.3 is 0 Å². The molecule has 0 aliphatic carbocycles. The lowest BCUT2D eigenvalue weighted by atomic mass is 10.1. The summed E-state index contributed by atoms with van der Waals surface area (Å²) >= 11 is 11.8. The minimum atomic E-state index is 0.288. The first-order valence-electron chi connectivity index (χ1n) is 4.51. The zero-order chi connectivity index (χ0) is 11.5. The maximum Gasteiger partial charge on any atom is 0.231 e. The molecule has 1 aromatic carbocycles. The molecular weight excluding hydrogens is 243 g/mol. The molecule has 2 rings (SSSR count). The van der Waals surface area contributed by atoms with E-state index in [1.807, 2.05) is 30.3 Å². The van der Waals surface area contributed by atoms with Crippen LogP contribution in [0.2, 0.25) is 10.2 Å². The average molecular weight is 249 g/mol. The van der Waals surface area contributed by atoms with Gasteiger partial charge in [-0.3, -0.25) is 0 Å². The predicted octanol–water partition coefficient (Wildman–Crippen LogP) is 4.61. The summed E-state index contributed by atoms with van der Waals surface area (Å²) in [6.07, 6.45) is 0. The minimum absolute atomic E-state index is 0.288. The summed E-state index contributed by atoms with van der Waals surface area (Å²) in [5.41, 5.74) is 1.68. The maximum atomic E-state index is 7.10. The molecule has 78 valence electrons. The van der Waals surface area contributed by atoms with Crippen LogP contribution in [0, 0.1) is 6.57 Å². The van der Waals surface area contributed by atoms with Gasteiger partial charge < -0.3 is 0 Å². The fraction of sp³-hybridized carbons (Fsp3) is 0. The van der Waals surface area contributed by atoms with Gasteiger partial charge in [-0.1, -0.05) is 53.5 Å². The molecule has 0 N–H and O–H groups in total. The van der Waals surface area contributed by atoms with Crippen molar-refractivity contribution in [1.82, 2.24) is 4.98 Å². The lowest BCUT2D eigenvalue weighted by Gasteiger charge is -2.05. The lowest BCUT2D eigenvalue weighted by molar-refractivity contribution is 1.33. The van der Waals surface area contributed by atoms with Crippen LogP contribution in [0.3, 0.4) is 0 Å². The van der Waals surface area contributed by atoms with Crippen molar-refractivity contribution in [3.63, 3.8) is 0 Å². The second-order valence-electron chi connectivity index (χ2n) is 3.10. The molecular formula is C12H6Cl2N2. The van der Waals surface area contributed by atoms with Crippen molar-refractivity contribution in [3.05, 3.63) is 58.0 Å². The van der Waals surface area contributed by atoms with Crippen LogP contribution in [0.15, 0.2) is 36.4 Å². The number of halogens is 2. The first-order valence-corrected chi connectivity index (χ1v) is 5.27. The molecule has 2 aromatic rings. The fourth-order valence-corrected chi connectivity index (χ4v) is 1.87. The van der Waals surface area contributed by atoms with Crippen LogP contribution in [0.4, 0.5) is 5.69 Å². The van der Waals surface area contributed by atoms with Crippen LogP contribution < -0.4 is 0 Å². The number of nitrogens with zero attached hydrogens (tertiary/aromatic N) is 2. The van der Waals surface area contributed by atoms with Crippen LogP contribution >= 0.6 is 23.2 Å². The summed E-state index contributed by atoms with van der Waals surface area (Å²) in [4.78, 5) is 7.53. The Morgan fingerprint density at radius 2 is 1.81 bits per heavy atom. The summed E-state index contributed by atoms with van der Waals surface area (Å²) in [6.45, 7) is 7.10. The highest BCUT2D eigenvalue weighted by Gasteiger charge is 2.12. The summed E-state index contributed by atoms with van der Waals surface area (Å²) in [5.74, 6) is 0. The van der Waals surface area contributed by atoms with E-state index in [2.05, 4.69) is 9.83 Å². The second kappa shape index (κ2) is 4.52. The fourth-order valence-electron chi connectivity index (χ4n) is 1.38. The second-order valence-corrected chi connectivity index (χ2v) is 3.90. The van der Waals surface area contributed by atoms with Crippen molar-refractivity contribution in [1.29, 1.82) is 0 Å². The van der Waals surface area contributed by atoms with Gasteiger partial charge in [0.25, 0.3) is 0 Å². The van der Waals surface area contributed by atoms with E-state index < -0.39 is 0 Å². The zero-order valence-electron chi connectivity index (χ0n) is 8.11. The van der Waals surface area contributed by atoms with E-state index >= 15 is 0 Å². The first kappa shape index (κ1) is 10.9. The Morgan fingerprint density at radius 3 is 2.44 bits per heavy atom. The normalized spacial score (nSPS) is 9.81. The van der Waals surface area contributed by atoms with E-state index in [0.717, 1.165) is 5.56 Å². The van der Waals surface area contributed by atoms with Gasteiger partial charge in [0, 0.05) is 0 Å². The molecule has 0 amide bonds. The molecule has 0 saturated carbocycles. The number of rotatable bonds is 1. The van der Waals surface area contributed by atoms with Crippen molar-refractivity contribution in [2.24, 2.45) is 0 Å². The van der Waals surface area contributed by atoms with Gasteiger partial charge in [0.15, 0.2) is 0 Å². The molecule has 4 heteroatoms. The van der Waals surface area contributed by atoms with E-state index in [1.165, 1.54) is 6.07 Å². The van der Waals surface area contributed by atoms with E-state index in [0.29, 0.717) is 16.4 Å². The van der Waals surface area contributed by atoms with Gasteiger partial charge in [-0.15, -0.1) is 0 Å². The molecule has 0 bridgehead atoms. The Bertz CT molecular complexity index is 559. The minimum Gasteiger partial charge on any atom is -0.248 e. The molecule has 0 fully saturated rings. The van der Waals surface area contributed by atoms with E-state index in [-0.39, 0.29) is 5.15 Å². The summed E-state index contributed by atoms with van der Waals surface area (Å²) < 4.78 is 0. The molecule has 0 unspecified atom stereocenters. The molecule has 0 saturated heterocycles. The number of pyridine rings is 1. The lowest BCUT2D eigenvalue weighted by Crippen LogP contribution is -1.85. The molecule has 2 nitrogen and oxygen atoms in total. The third-order valence-corrected chi connectivity index (χ3v) is 2.56. The van der Waals surface area contributed by atoms with Gasteiger partial charge in [0.2, 0.25) is 5.69 Å². The Labute approximate surface area is 103 Å². The first-order chi connectivity index (χ1) is 7.72. The largest absolute Gasteiger partial charge is 0.248 e. The smallest absolute Gasteiger partial charge is 0.231 e. The molecule has 1 heterocycles. The monoisotopic (exact) mass is 248 g/mol. The van der Waals surface area contributed by atoms with E-state index in [1.54, 1.807) is 0 Å². The molecule has 0 radical (unpaired) electrons. The summed E-state index contributed by atoms with van der Waals surface area (Å²) in [7, 11) is 0. The van der Waals surface area contributed by atoms with Crippen LogP contribution in [-0.2, 0) is 0 Å². The number of benzene rings is 1. The van der Waals surface area contributed by atoms with Crippen molar-refractivity contribution in [2.75, 3.05) is 0 Å². The molecule has 0 aliphatic rings. The molecule has 16 heavy (non-hydrogen) atoms. The summed E-state index contributed by atoms with van der Waals surface area (Å²) in [6, 6.07) is 10.8. The maximum absolute atomic E-state index is 7.10. The molecule has 0 atom stereocenters. The SMILES string of the molecule is [C-]#[N+]c1c(Cl)cc(Cl)nc1-c1ccccc1. The van der Waals surface area contributed by atoms with Crippen molar-refractivity contribution in [3.8, 4) is 11.3 Å². The average Bonchev–Trinajstić information content (AvgIpc) is 2.29. The highest BCUT2D eigenvalue weighted by atomic mass is 35.5. The number of hydrogen-bond acceptors (Lipinski definition) is 1. The molecule has 0 spiro atoms. The van der Waals surface area contributed by atoms with Crippen molar-refractivity contribution >= 4 is 28.9 Å². The topological polar surface area (TPSA) is 17.2 Å². The van der Waals surface area contributed by atoms with Crippen LogP contribution in [0.1, 0.15) is 0 Å². The van der Waals surface area contributed by atoms with Crippen LogP contribution in [0.5, 0.6) is 0 Å². The van der Waals surface area contributed by atoms with E-state index in [4.69, 9.17) is 29.8 Å². The van der Waals surface area contributed by atoms with Crippen molar-refractivity contribution in [2.45, 2.75) is 0 Å². The van der Waals surface area contributed by atoms with Crippen LogP contribution in [-0.4, -0.2) is 4.98 Å². The van der Waals surface area contributed by atoms with Gasteiger partial charge in [-0.2, -0.15) is 0 Å². The van der Waals surface area contributed by atoms with E-state index in [9.17, 15) is 0 Å². The Hall–Kier alpha value is -1.56. The highest BCUT2D eigenvalue weighted by molar-refractivity contribution is 6.36. The summed E-state index contributed by atoms with van der Waals surface area (Å²) in [5, 5.41) is 0.616. The molecule has 0 aliphatic heterocycles. The third-order valence-electron chi connectivity index (χ3n) is 2.07. The number of hydrogen-bond donors (Lipinski definition) is 0. The highest BCUT2D eigenvalue weighted by Crippen LogP contribution is 2.36. The van der Waals surface area contributed by atoms with Crippen molar-refractivity contribution < 1.29 is 0 Å². The zero-order valence-corrected chi connectivity index (χ0v) is 9.63. The Morgan fingerprint density at radius 1 is 1.12 bits per heavy atom. The molecule has 1 aromatic heterocycles. The van der Waals surface area contributed by atoms with Gasteiger partial charge in [0.05, 0.1) is 17.3 Å². The Balaban J connectivity index is 2.70.